The van der Waals surface area contributed by atoms with E-state index < -0.39 is 17.7 Å². The molecule has 0 radical (unpaired) electrons. The number of nitrogens with zero attached hydrogens (tertiary/aromatic N) is 1. The molecule has 1 aromatic carbocycles. The van der Waals surface area contributed by atoms with Crippen molar-refractivity contribution in [3.63, 3.8) is 0 Å². The third kappa shape index (κ3) is 1.97. The lowest BCUT2D eigenvalue weighted by atomic mass is 10.0. The lowest BCUT2D eigenvalue weighted by molar-refractivity contribution is -0.143. The van der Waals surface area contributed by atoms with Gasteiger partial charge in [0.2, 0.25) is 11.8 Å². The maximum atomic E-state index is 13.2. The summed E-state index contributed by atoms with van der Waals surface area (Å²) in [7, 11) is 0. The summed E-state index contributed by atoms with van der Waals surface area (Å²) >= 11 is 0. The first-order valence-electron chi connectivity index (χ1n) is 6.81. The SMILES string of the molecule is CC1(C)C2C(=O)N(CC(N)c3ccc(F)c(F)c3)C(=O)C21. The van der Waals surface area contributed by atoms with E-state index in [1.54, 1.807) is 0 Å². The number of hydrogen-bond acceptors (Lipinski definition) is 3. The Bertz CT molecular complexity index is 621. The smallest absolute Gasteiger partial charge is 0.233 e. The molecule has 1 aromatic rings. The molecule has 0 bridgehead atoms. The molecule has 2 N–H and O–H groups in total. The van der Waals surface area contributed by atoms with Crippen LogP contribution in [0.5, 0.6) is 0 Å². The summed E-state index contributed by atoms with van der Waals surface area (Å²) in [5.41, 5.74) is 6.00. The standard InChI is InChI=1S/C15H16F2N2O2/c1-15(2)11-12(15)14(21)19(13(11)20)6-10(18)7-3-4-8(16)9(17)5-7/h3-5,10-12H,6,18H2,1-2H3. The molecule has 2 fully saturated rings. The molecule has 6 heteroatoms. The Labute approximate surface area is 120 Å². The number of imide groups is 1. The van der Waals surface area contributed by atoms with E-state index in [4.69, 9.17) is 5.73 Å². The van der Waals surface area contributed by atoms with Crippen molar-refractivity contribution in [1.82, 2.24) is 4.90 Å². The highest BCUT2D eigenvalue weighted by atomic mass is 19.2. The fraction of sp³-hybridized carbons (Fsp3) is 0.467. The Morgan fingerprint density at radius 1 is 1.19 bits per heavy atom. The minimum absolute atomic E-state index is 0.00812. The number of likely N-dealkylation sites (tertiary alicyclic amines) is 1. The fourth-order valence-electron chi connectivity index (χ4n) is 3.23. The van der Waals surface area contributed by atoms with E-state index in [9.17, 15) is 18.4 Å². The van der Waals surface area contributed by atoms with Crippen LogP contribution in [0.15, 0.2) is 18.2 Å². The Balaban J connectivity index is 1.74. The predicted molar refractivity (Wildman–Crippen MR) is 70.8 cm³/mol. The highest BCUT2D eigenvalue weighted by molar-refractivity contribution is 6.10. The molecule has 0 aromatic heterocycles. The highest BCUT2D eigenvalue weighted by Gasteiger charge is 2.72. The topological polar surface area (TPSA) is 63.4 Å². The third-order valence-corrected chi connectivity index (χ3v) is 4.64. The Morgan fingerprint density at radius 2 is 1.76 bits per heavy atom. The van der Waals surface area contributed by atoms with Crippen molar-refractivity contribution in [2.75, 3.05) is 6.54 Å². The quantitative estimate of drug-likeness (QED) is 0.861. The van der Waals surface area contributed by atoms with Gasteiger partial charge in [0.15, 0.2) is 11.6 Å². The van der Waals surface area contributed by atoms with Crippen LogP contribution >= 0.6 is 0 Å². The molecule has 2 aliphatic rings. The summed E-state index contributed by atoms with van der Waals surface area (Å²) in [5.74, 6) is -2.90. The van der Waals surface area contributed by atoms with Crippen LogP contribution in [0.25, 0.3) is 0 Å². The maximum absolute atomic E-state index is 13.2. The number of carbonyl (C=O) groups is 2. The summed E-state index contributed by atoms with van der Waals surface area (Å²) in [6, 6.07) is 2.61. The number of benzene rings is 1. The minimum atomic E-state index is -0.994. The van der Waals surface area contributed by atoms with Gasteiger partial charge in [-0.3, -0.25) is 14.5 Å². The lowest BCUT2D eigenvalue weighted by Gasteiger charge is -2.24. The second-order valence-electron chi connectivity index (χ2n) is 6.34. The first-order valence-corrected chi connectivity index (χ1v) is 6.81. The molecule has 1 aliphatic heterocycles. The molecule has 1 heterocycles. The van der Waals surface area contributed by atoms with Gasteiger partial charge in [-0.1, -0.05) is 19.9 Å². The normalized spacial score (nSPS) is 27.8. The summed E-state index contributed by atoms with van der Waals surface area (Å²) in [6.07, 6.45) is 0. The number of halogens is 2. The summed E-state index contributed by atoms with van der Waals surface area (Å²) in [4.78, 5) is 25.5. The predicted octanol–water partition coefficient (Wildman–Crippen LogP) is 1.61. The minimum Gasteiger partial charge on any atom is -0.322 e. The van der Waals surface area contributed by atoms with Crippen molar-refractivity contribution in [2.24, 2.45) is 23.0 Å². The van der Waals surface area contributed by atoms with E-state index in [0.29, 0.717) is 5.56 Å². The molecule has 2 amide bonds. The van der Waals surface area contributed by atoms with Crippen molar-refractivity contribution in [3.8, 4) is 0 Å². The molecule has 4 nitrogen and oxygen atoms in total. The molecule has 3 unspecified atom stereocenters. The molecular formula is C15H16F2N2O2. The number of carbonyl (C=O) groups excluding carboxylic acids is 2. The van der Waals surface area contributed by atoms with Crippen molar-refractivity contribution in [1.29, 1.82) is 0 Å². The van der Waals surface area contributed by atoms with E-state index >= 15 is 0 Å². The number of piperidine rings is 1. The van der Waals surface area contributed by atoms with Gasteiger partial charge in [-0.05, 0) is 23.1 Å². The number of rotatable bonds is 3. The molecule has 1 saturated heterocycles. The Kier molecular flexibility index (Phi) is 2.92. The van der Waals surface area contributed by atoms with Crippen LogP contribution in [0.4, 0.5) is 8.78 Å². The zero-order valence-corrected chi connectivity index (χ0v) is 11.8. The molecule has 0 spiro atoms. The zero-order valence-electron chi connectivity index (χ0n) is 11.8. The van der Waals surface area contributed by atoms with Crippen LogP contribution in [0.2, 0.25) is 0 Å². The Morgan fingerprint density at radius 3 is 2.29 bits per heavy atom. The monoisotopic (exact) mass is 294 g/mol. The van der Waals surface area contributed by atoms with Gasteiger partial charge in [0.25, 0.3) is 0 Å². The second kappa shape index (κ2) is 4.34. The van der Waals surface area contributed by atoms with Gasteiger partial charge in [-0.15, -0.1) is 0 Å². The largest absolute Gasteiger partial charge is 0.322 e. The van der Waals surface area contributed by atoms with Crippen molar-refractivity contribution >= 4 is 11.8 Å². The molecule has 1 saturated carbocycles. The van der Waals surface area contributed by atoms with E-state index in [2.05, 4.69) is 0 Å². The average Bonchev–Trinajstić information content (AvgIpc) is 2.89. The number of hydrogen-bond donors (Lipinski definition) is 1. The van der Waals surface area contributed by atoms with Crippen molar-refractivity contribution < 1.29 is 18.4 Å². The van der Waals surface area contributed by atoms with Crippen molar-refractivity contribution in [3.05, 3.63) is 35.4 Å². The van der Waals surface area contributed by atoms with E-state index in [1.807, 2.05) is 13.8 Å². The number of amides is 2. The summed E-state index contributed by atoms with van der Waals surface area (Å²) in [6.45, 7) is 3.78. The Hall–Kier alpha value is -1.82. The fourth-order valence-corrected chi connectivity index (χ4v) is 3.23. The van der Waals surface area contributed by atoms with E-state index in [1.165, 1.54) is 6.07 Å². The van der Waals surface area contributed by atoms with Gasteiger partial charge in [-0.2, -0.15) is 0 Å². The first-order chi connectivity index (χ1) is 9.75. The molecule has 1 aliphatic carbocycles. The summed E-state index contributed by atoms with van der Waals surface area (Å²) < 4.78 is 26.1. The van der Waals surface area contributed by atoms with Crippen LogP contribution in [-0.4, -0.2) is 23.3 Å². The van der Waals surface area contributed by atoms with Crippen LogP contribution in [0, 0.1) is 28.9 Å². The lowest BCUT2D eigenvalue weighted by Crippen LogP contribution is -2.40. The molecular weight excluding hydrogens is 278 g/mol. The highest BCUT2D eigenvalue weighted by Crippen LogP contribution is 2.63. The third-order valence-electron chi connectivity index (χ3n) is 4.64. The van der Waals surface area contributed by atoms with Crippen LogP contribution in [0.1, 0.15) is 25.5 Å². The number of fused-ring (bicyclic) bond motifs is 1. The van der Waals surface area contributed by atoms with E-state index in [-0.39, 0.29) is 35.6 Å². The van der Waals surface area contributed by atoms with Crippen LogP contribution < -0.4 is 5.73 Å². The average molecular weight is 294 g/mol. The number of nitrogens with two attached hydrogens (primary N) is 1. The molecule has 112 valence electrons. The molecule has 3 rings (SSSR count). The van der Waals surface area contributed by atoms with Crippen molar-refractivity contribution in [2.45, 2.75) is 19.9 Å². The van der Waals surface area contributed by atoms with Crippen LogP contribution in [-0.2, 0) is 9.59 Å². The van der Waals surface area contributed by atoms with Gasteiger partial charge in [-0.25, -0.2) is 8.78 Å². The molecule has 3 atom stereocenters. The van der Waals surface area contributed by atoms with Gasteiger partial charge in [0.1, 0.15) is 0 Å². The second-order valence-corrected chi connectivity index (χ2v) is 6.34. The van der Waals surface area contributed by atoms with Gasteiger partial charge in [0, 0.05) is 12.6 Å². The van der Waals surface area contributed by atoms with Gasteiger partial charge in [0.05, 0.1) is 11.8 Å². The summed E-state index contributed by atoms with van der Waals surface area (Å²) in [5, 5.41) is 0. The van der Waals surface area contributed by atoms with Gasteiger partial charge >= 0.3 is 0 Å². The first kappa shape index (κ1) is 14.1. The van der Waals surface area contributed by atoms with Crippen LogP contribution in [0.3, 0.4) is 0 Å². The maximum Gasteiger partial charge on any atom is 0.233 e. The zero-order chi connectivity index (χ0) is 15.5. The van der Waals surface area contributed by atoms with E-state index in [0.717, 1.165) is 17.0 Å². The van der Waals surface area contributed by atoms with Gasteiger partial charge < -0.3 is 5.73 Å². The molecule has 21 heavy (non-hydrogen) atoms.